The molecule has 1 aromatic carbocycles. The maximum Gasteiger partial charge on any atom is 0.0609 e. The van der Waals surface area contributed by atoms with Gasteiger partial charge in [-0.2, -0.15) is 0 Å². The van der Waals surface area contributed by atoms with E-state index in [4.69, 9.17) is 0 Å². The Hall–Kier alpha value is -1.28. The summed E-state index contributed by atoms with van der Waals surface area (Å²) in [7, 11) is 0. The predicted octanol–water partition coefficient (Wildman–Crippen LogP) is 3.19. The predicted molar refractivity (Wildman–Crippen MR) is 65.5 cm³/mol. The number of aromatic nitrogens is 1. The molecule has 0 radical (unpaired) electrons. The number of nitrogens with one attached hydrogen (secondary N) is 1. The van der Waals surface area contributed by atoms with Crippen molar-refractivity contribution in [3.63, 3.8) is 0 Å². The van der Waals surface area contributed by atoms with E-state index in [9.17, 15) is 5.11 Å². The van der Waals surface area contributed by atoms with Gasteiger partial charge < -0.3 is 10.1 Å². The van der Waals surface area contributed by atoms with Crippen LogP contribution in [-0.4, -0.2) is 16.2 Å². The molecule has 0 amide bonds. The summed E-state index contributed by atoms with van der Waals surface area (Å²) in [6, 6.07) is 8.34. The lowest BCUT2D eigenvalue weighted by Crippen LogP contribution is -2.22. The molecule has 0 unspecified atom stereocenters. The maximum atomic E-state index is 10.1. The summed E-state index contributed by atoms with van der Waals surface area (Å²) in [6.07, 6.45) is 6.38. The first-order valence-electron chi connectivity index (χ1n) is 6.10. The molecular weight excluding hydrogens is 198 g/mol. The van der Waals surface area contributed by atoms with E-state index in [2.05, 4.69) is 29.4 Å². The van der Waals surface area contributed by atoms with Crippen LogP contribution in [0.2, 0.25) is 0 Å². The summed E-state index contributed by atoms with van der Waals surface area (Å²) in [6.45, 7) is 0. The number of hydrogen-bond donors (Lipinski definition) is 2. The van der Waals surface area contributed by atoms with Crippen LogP contribution in [0.4, 0.5) is 0 Å². The van der Waals surface area contributed by atoms with Crippen molar-refractivity contribution in [1.29, 1.82) is 0 Å². The molecule has 84 valence electrons. The van der Waals surface area contributed by atoms with E-state index in [1.165, 1.54) is 29.3 Å². The number of H-pyrrole nitrogens is 1. The van der Waals surface area contributed by atoms with Gasteiger partial charge in [-0.05, 0) is 24.5 Å². The van der Waals surface area contributed by atoms with Gasteiger partial charge >= 0.3 is 0 Å². The van der Waals surface area contributed by atoms with Crippen molar-refractivity contribution in [2.75, 3.05) is 0 Å². The topological polar surface area (TPSA) is 36.0 Å². The fourth-order valence-corrected chi connectivity index (χ4v) is 2.87. The van der Waals surface area contributed by atoms with E-state index in [0.29, 0.717) is 5.92 Å². The van der Waals surface area contributed by atoms with E-state index >= 15 is 0 Å². The van der Waals surface area contributed by atoms with Crippen LogP contribution in [-0.2, 0) is 0 Å². The molecule has 1 heterocycles. The zero-order valence-corrected chi connectivity index (χ0v) is 9.32. The minimum Gasteiger partial charge on any atom is -0.392 e. The zero-order valence-electron chi connectivity index (χ0n) is 9.32. The number of aliphatic hydroxyl groups is 1. The van der Waals surface area contributed by atoms with Crippen LogP contribution in [0.25, 0.3) is 10.9 Å². The van der Waals surface area contributed by atoms with Gasteiger partial charge in [0, 0.05) is 23.0 Å². The van der Waals surface area contributed by atoms with Gasteiger partial charge in [-0.3, -0.25) is 0 Å². The number of aromatic amines is 1. The highest BCUT2D eigenvalue weighted by molar-refractivity contribution is 5.83. The quantitative estimate of drug-likeness (QED) is 0.753. The average molecular weight is 215 g/mol. The van der Waals surface area contributed by atoms with Gasteiger partial charge in [0.25, 0.3) is 0 Å². The second-order valence-corrected chi connectivity index (χ2v) is 4.75. The molecule has 1 aromatic heterocycles. The summed E-state index contributed by atoms with van der Waals surface area (Å²) in [5.41, 5.74) is 2.47. The molecule has 2 atom stereocenters. The second kappa shape index (κ2) is 3.95. The third-order valence-electron chi connectivity index (χ3n) is 3.75. The Labute approximate surface area is 95.3 Å². The van der Waals surface area contributed by atoms with E-state index in [-0.39, 0.29) is 6.10 Å². The molecule has 1 aliphatic carbocycles. The highest BCUT2D eigenvalue weighted by Gasteiger charge is 2.26. The highest BCUT2D eigenvalue weighted by atomic mass is 16.3. The molecule has 0 aliphatic heterocycles. The molecular formula is C14H17NO. The number of benzene rings is 1. The Kier molecular flexibility index (Phi) is 2.44. The van der Waals surface area contributed by atoms with Gasteiger partial charge in [-0.15, -0.1) is 0 Å². The Bertz CT molecular complexity index is 488. The van der Waals surface area contributed by atoms with Crippen LogP contribution in [0.15, 0.2) is 30.5 Å². The highest BCUT2D eigenvalue weighted by Crippen LogP contribution is 2.36. The fourth-order valence-electron chi connectivity index (χ4n) is 2.87. The first-order chi connectivity index (χ1) is 7.86. The molecule has 0 saturated heterocycles. The lowest BCUT2D eigenvalue weighted by atomic mass is 9.82. The molecule has 0 bridgehead atoms. The van der Waals surface area contributed by atoms with Gasteiger partial charge in [0.2, 0.25) is 0 Å². The molecule has 1 aliphatic rings. The normalized spacial score (nSPS) is 26.1. The second-order valence-electron chi connectivity index (χ2n) is 4.75. The number of aliphatic hydroxyl groups excluding tert-OH is 1. The average Bonchev–Trinajstić information content (AvgIpc) is 2.74. The largest absolute Gasteiger partial charge is 0.392 e. The Morgan fingerprint density at radius 2 is 1.94 bits per heavy atom. The van der Waals surface area contributed by atoms with Crippen molar-refractivity contribution < 1.29 is 5.11 Å². The van der Waals surface area contributed by atoms with Crippen LogP contribution < -0.4 is 0 Å². The van der Waals surface area contributed by atoms with Crippen LogP contribution in [0.5, 0.6) is 0 Å². The van der Waals surface area contributed by atoms with E-state index < -0.39 is 0 Å². The maximum absolute atomic E-state index is 10.1. The van der Waals surface area contributed by atoms with Gasteiger partial charge in [0.05, 0.1) is 6.10 Å². The number of rotatable bonds is 1. The molecule has 0 spiro atoms. The summed E-state index contributed by atoms with van der Waals surface area (Å²) in [5, 5.41) is 11.4. The number of hydrogen-bond acceptors (Lipinski definition) is 1. The SMILES string of the molecule is O[C@@H]1CCCC[C@@H]1c1c[nH]c2ccccc12. The zero-order chi connectivity index (χ0) is 11.0. The van der Waals surface area contributed by atoms with Gasteiger partial charge in [-0.25, -0.2) is 0 Å². The fraction of sp³-hybridized carbons (Fsp3) is 0.429. The first kappa shape index (κ1) is 9.91. The monoisotopic (exact) mass is 215 g/mol. The van der Waals surface area contributed by atoms with Crippen LogP contribution >= 0.6 is 0 Å². The first-order valence-corrected chi connectivity index (χ1v) is 6.10. The van der Waals surface area contributed by atoms with E-state index in [0.717, 1.165) is 12.8 Å². The van der Waals surface area contributed by atoms with Crippen molar-refractivity contribution in [3.8, 4) is 0 Å². The summed E-state index contributed by atoms with van der Waals surface area (Å²) < 4.78 is 0. The molecule has 3 rings (SSSR count). The Morgan fingerprint density at radius 1 is 1.12 bits per heavy atom. The summed E-state index contributed by atoms with van der Waals surface area (Å²) in [4.78, 5) is 3.29. The Morgan fingerprint density at radius 3 is 2.81 bits per heavy atom. The van der Waals surface area contributed by atoms with Crippen molar-refractivity contribution in [2.45, 2.75) is 37.7 Å². The van der Waals surface area contributed by atoms with Gasteiger partial charge in [0.1, 0.15) is 0 Å². The lowest BCUT2D eigenvalue weighted by molar-refractivity contribution is 0.107. The number of para-hydroxylation sites is 1. The van der Waals surface area contributed by atoms with Crippen molar-refractivity contribution >= 4 is 10.9 Å². The van der Waals surface area contributed by atoms with Crippen LogP contribution in [0.1, 0.15) is 37.2 Å². The molecule has 2 aromatic rings. The van der Waals surface area contributed by atoms with Crippen molar-refractivity contribution in [1.82, 2.24) is 4.98 Å². The minimum absolute atomic E-state index is 0.159. The van der Waals surface area contributed by atoms with Crippen LogP contribution in [0.3, 0.4) is 0 Å². The summed E-state index contributed by atoms with van der Waals surface area (Å²) in [5.74, 6) is 0.324. The van der Waals surface area contributed by atoms with Crippen molar-refractivity contribution in [3.05, 3.63) is 36.0 Å². The van der Waals surface area contributed by atoms with E-state index in [1.54, 1.807) is 0 Å². The third-order valence-corrected chi connectivity index (χ3v) is 3.75. The molecule has 1 saturated carbocycles. The van der Waals surface area contributed by atoms with Crippen molar-refractivity contribution in [2.24, 2.45) is 0 Å². The van der Waals surface area contributed by atoms with Crippen LogP contribution in [0, 0.1) is 0 Å². The van der Waals surface area contributed by atoms with Gasteiger partial charge in [0.15, 0.2) is 0 Å². The minimum atomic E-state index is -0.159. The standard InChI is InChI=1S/C14H17NO/c16-14-8-4-2-6-11(14)12-9-15-13-7-3-1-5-10(12)13/h1,3,5,7,9,11,14-16H,2,4,6,8H2/t11-,14-/m1/s1. The van der Waals surface area contributed by atoms with E-state index in [1.807, 2.05) is 6.07 Å². The molecule has 2 nitrogen and oxygen atoms in total. The Balaban J connectivity index is 2.04. The number of fused-ring (bicyclic) bond motifs is 1. The third kappa shape index (κ3) is 1.54. The molecule has 16 heavy (non-hydrogen) atoms. The molecule has 2 N–H and O–H groups in total. The molecule has 1 fully saturated rings. The summed E-state index contributed by atoms with van der Waals surface area (Å²) >= 11 is 0. The lowest BCUT2D eigenvalue weighted by Gasteiger charge is -2.27. The van der Waals surface area contributed by atoms with Gasteiger partial charge in [-0.1, -0.05) is 31.0 Å². The molecule has 2 heteroatoms. The smallest absolute Gasteiger partial charge is 0.0609 e.